The van der Waals surface area contributed by atoms with Gasteiger partial charge in [-0.25, -0.2) is 4.79 Å². The molecule has 0 aliphatic carbocycles. The van der Waals surface area contributed by atoms with Crippen LogP contribution in [-0.2, 0) is 6.18 Å². The molecule has 0 radical (unpaired) electrons. The number of hydrogen-bond acceptors (Lipinski definition) is 2. The van der Waals surface area contributed by atoms with Crippen LogP contribution in [0.3, 0.4) is 0 Å². The molecular weight excluding hydrogens is 273 g/mol. The Bertz CT molecular complexity index is 491. The van der Waals surface area contributed by atoms with Crippen molar-refractivity contribution in [2.45, 2.75) is 18.6 Å². The van der Waals surface area contributed by atoms with Crippen molar-refractivity contribution in [2.24, 2.45) is 0 Å². The summed E-state index contributed by atoms with van der Waals surface area (Å²) in [5.74, 6) is 0. The number of aliphatic hydroxyl groups is 1. The summed E-state index contributed by atoms with van der Waals surface area (Å²) < 4.78 is 39.0. The van der Waals surface area contributed by atoms with Gasteiger partial charge in [-0.1, -0.05) is 18.2 Å². The lowest BCUT2D eigenvalue weighted by atomic mass is 9.99. The highest BCUT2D eigenvalue weighted by Crippen LogP contribution is 2.37. The van der Waals surface area contributed by atoms with Gasteiger partial charge in [0.05, 0.1) is 11.6 Å². The molecule has 2 amide bonds. The monoisotopic (exact) mass is 288 g/mol. The molecule has 1 aromatic rings. The highest BCUT2D eigenvalue weighted by molar-refractivity contribution is 5.77. The first-order chi connectivity index (χ1) is 9.45. The lowest BCUT2D eigenvalue weighted by Gasteiger charge is -2.25. The largest absolute Gasteiger partial charge is 0.416 e. The number of rotatable bonds is 4. The predicted molar refractivity (Wildman–Crippen MR) is 66.0 cm³/mol. The Morgan fingerprint density at radius 3 is 2.70 bits per heavy atom. The normalized spacial score (nSPS) is 19.3. The summed E-state index contributed by atoms with van der Waals surface area (Å²) in [6.07, 6.45) is -4.12. The molecule has 20 heavy (non-hydrogen) atoms. The van der Waals surface area contributed by atoms with E-state index in [0.29, 0.717) is 6.42 Å². The molecule has 1 unspecified atom stereocenters. The van der Waals surface area contributed by atoms with Crippen LogP contribution in [0.5, 0.6) is 0 Å². The first-order valence-electron chi connectivity index (χ1n) is 6.26. The van der Waals surface area contributed by atoms with Gasteiger partial charge >= 0.3 is 12.2 Å². The topological polar surface area (TPSA) is 52.6 Å². The average Bonchev–Trinajstić information content (AvgIpc) is 2.76. The molecule has 0 saturated carbocycles. The molecule has 110 valence electrons. The van der Waals surface area contributed by atoms with Crippen molar-refractivity contribution < 1.29 is 23.1 Å². The van der Waals surface area contributed by atoms with E-state index in [1.54, 1.807) is 0 Å². The van der Waals surface area contributed by atoms with Gasteiger partial charge in [0, 0.05) is 19.7 Å². The molecule has 0 spiro atoms. The van der Waals surface area contributed by atoms with Crippen LogP contribution in [0.1, 0.15) is 23.6 Å². The van der Waals surface area contributed by atoms with Crippen molar-refractivity contribution in [1.82, 2.24) is 10.2 Å². The average molecular weight is 288 g/mol. The molecule has 7 heteroatoms. The molecule has 1 aromatic carbocycles. The van der Waals surface area contributed by atoms with Gasteiger partial charge in [0.2, 0.25) is 0 Å². The highest BCUT2D eigenvalue weighted by atomic mass is 19.4. The van der Waals surface area contributed by atoms with E-state index in [1.807, 2.05) is 0 Å². The molecular formula is C13H15F3N2O2. The van der Waals surface area contributed by atoms with Gasteiger partial charge in [-0.2, -0.15) is 13.2 Å². The maximum atomic E-state index is 13.0. The zero-order valence-electron chi connectivity index (χ0n) is 10.7. The fourth-order valence-electron chi connectivity index (χ4n) is 2.36. The van der Waals surface area contributed by atoms with Gasteiger partial charge < -0.3 is 15.3 Å². The minimum Gasteiger partial charge on any atom is -0.396 e. The maximum Gasteiger partial charge on any atom is 0.416 e. The second-order valence-electron chi connectivity index (χ2n) is 4.56. The van der Waals surface area contributed by atoms with E-state index < -0.39 is 23.8 Å². The molecule has 1 atom stereocenters. The Morgan fingerprint density at radius 2 is 2.05 bits per heavy atom. The van der Waals surface area contributed by atoms with E-state index in [4.69, 9.17) is 5.11 Å². The van der Waals surface area contributed by atoms with Crippen LogP contribution >= 0.6 is 0 Å². The first kappa shape index (κ1) is 14.6. The summed E-state index contributed by atoms with van der Waals surface area (Å²) in [6, 6.07) is 4.20. The number of nitrogens with one attached hydrogen (secondary N) is 1. The van der Waals surface area contributed by atoms with Gasteiger partial charge in [-0.3, -0.25) is 0 Å². The summed E-state index contributed by atoms with van der Waals surface area (Å²) in [6.45, 7) is 0.244. The lowest BCUT2D eigenvalue weighted by molar-refractivity contribution is -0.138. The molecule has 1 aliphatic heterocycles. The Morgan fingerprint density at radius 1 is 1.35 bits per heavy atom. The summed E-state index contributed by atoms with van der Waals surface area (Å²) >= 11 is 0. The third-order valence-corrected chi connectivity index (χ3v) is 3.27. The van der Waals surface area contributed by atoms with Crippen molar-refractivity contribution in [1.29, 1.82) is 0 Å². The number of hydrogen-bond donors (Lipinski definition) is 2. The van der Waals surface area contributed by atoms with Crippen molar-refractivity contribution in [2.75, 3.05) is 19.7 Å². The van der Waals surface area contributed by atoms with Crippen LogP contribution in [-0.4, -0.2) is 35.7 Å². The number of halogens is 3. The van der Waals surface area contributed by atoms with Crippen molar-refractivity contribution in [3.63, 3.8) is 0 Å². The summed E-state index contributed by atoms with van der Waals surface area (Å²) in [4.78, 5) is 13.0. The van der Waals surface area contributed by atoms with E-state index in [9.17, 15) is 18.0 Å². The van der Waals surface area contributed by atoms with Gasteiger partial charge in [-0.15, -0.1) is 0 Å². The molecule has 1 aliphatic rings. The van der Waals surface area contributed by atoms with Gasteiger partial charge in [-0.05, 0) is 18.1 Å². The number of urea groups is 1. The fraction of sp³-hybridized carbons (Fsp3) is 0.462. The van der Waals surface area contributed by atoms with Crippen LogP contribution in [0.4, 0.5) is 18.0 Å². The summed E-state index contributed by atoms with van der Waals surface area (Å²) in [5.41, 5.74) is -0.646. The number of amides is 2. The third kappa shape index (κ3) is 2.87. The Labute approximate surface area is 114 Å². The minimum atomic E-state index is -4.45. The molecule has 0 aromatic heterocycles. The number of carbonyl (C=O) groups excluding carboxylic acids is 1. The van der Waals surface area contributed by atoms with Crippen LogP contribution in [0.2, 0.25) is 0 Å². The number of aliphatic hydroxyl groups excluding tert-OH is 1. The highest BCUT2D eigenvalue weighted by Gasteiger charge is 2.39. The summed E-state index contributed by atoms with van der Waals surface area (Å²) in [5, 5.41) is 11.4. The van der Waals surface area contributed by atoms with Crippen LogP contribution in [0.15, 0.2) is 24.3 Å². The molecule has 1 heterocycles. The van der Waals surface area contributed by atoms with Crippen molar-refractivity contribution in [3.05, 3.63) is 35.4 Å². The van der Waals surface area contributed by atoms with Crippen molar-refractivity contribution in [3.8, 4) is 0 Å². The summed E-state index contributed by atoms with van der Waals surface area (Å²) in [7, 11) is 0. The molecule has 1 saturated heterocycles. The molecule has 4 nitrogen and oxygen atoms in total. The maximum absolute atomic E-state index is 13.0. The number of alkyl halides is 3. The quantitative estimate of drug-likeness (QED) is 0.892. The number of carbonyl (C=O) groups is 1. The van der Waals surface area contributed by atoms with E-state index in [1.165, 1.54) is 23.1 Å². The second kappa shape index (κ2) is 5.70. The minimum absolute atomic E-state index is 0.0799. The molecule has 2 rings (SSSR count). The zero-order chi connectivity index (χ0) is 14.8. The first-order valence-corrected chi connectivity index (χ1v) is 6.26. The number of nitrogens with zero attached hydrogens (tertiary/aromatic N) is 1. The van der Waals surface area contributed by atoms with Crippen LogP contribution in [0, 0.1) is 0 Å². The van der Waals surface area contributed by atoms with Crippen LogP contribution < -0.4 is 5.32 Å². The van der Waals surface area contributed by atoms with E-state index in [2.05, 4.69) is 5.32 Å². The Balaban J connectivity index is 2.33. The third-order valence-electron chi connectivity index (χ3n) is 3.27. The van der Waals surface area contributed by atoms with E-state index in [0.717, 1.165) is 6.07 Å². The van der Waals surface area contributed by atoms with Crippen LogP contribution in [0.25, 0.3) is 0 Å². The van der Waals surface area contributed by atoms with Crippen molar-refractivity contribution >= 4 is 6.03 Å². The molecule has 1 fully saturated rings. The smallest absolute Gasteiger partial charge is 0.396 e. The van der Waals surface area contributed by atoms with E-state index >= 15 is 0 Å². The molecule has 2 N–H and O–H groups in total. The van der Waals surface area contributed by atoms with Gasteiger partial charge in [0.1, 0.15) is 0 Å². The Kier molecular flexibility index (Phi) is 4.17. The standard InChI is InChI=1S/C13H15F3N2O2/c14-13(15,16)10-5-2-1-4-9(10)11-8-17-12(20)18(11)6-3-7-19/h1-2,4-5,11,19H,3,6-8H2,(H,17,20). The predicted octanol–water partition coefficient (Wildman–Crippen LogP) is 2.15. The Hall–Kier alpha value is -1.76. The van der Waals surface area contributed by atoms with Gasteiger partial charge in [0.15, 0.2) is 0 Å². The fourth-order valence-corrected chi connectivity index (χ4v) is 2.36. The van der Waals surface area contributed by atoms with E-state index in [-0.39, 0.29) is 25.3 Å². The number of benzene rings is 1. The molecule has 0 bridgehead atoms. The van der Waals surface area contributed by atoms with Gasteiger partial charge in [0.25, 0.3) is 0 Å². The SMILES string of the molecule is O=C1NCC(c2ccccc2C(F)(F)F)N1CCCO. The second-order valence-corrected chi connectivity index (χ2v) is 4.56. The lowest BCUT2D eigenvalue weighted by Crippen LogP contribution is -2.32. The zero-order valence-corrected chi connectivity index (χ0v) is 10.7.